The molecule has 0 aromatic rings. The van der Waals surface area contributed by atoms with Crippen molar-refractivity contribution in [3.05, 3.63) is 0 Å². The van der Waals surface area contributed by atoms with Crippen LogP contribution < -0.4 is 0 Å². The monoisotopic (exact) mass is 424 g/mol. The zero-order valence-electron chi connectivity index (χ0n) is 19.8. The molecule has 1 spiro atoms. The van der Waals surface area contributed by atoms with Gasteiger partial charge in [-0.3, -0.25) is 0 Å². The molecule has 2 fully saturated rings. The van der Waals surface area contributed by atoms with Gasteiger partial charge >= 0.3 is 0 Å². The van der Waals surface area contributed by atoms with Gasteiger partial charge in [0.2, 0.25) is 0 Å². The molecule has 2 saturated heterocycles. The van der Waals surface area contributed by atoms with E-state index in [1.54, 1.807) is 0 Å². The third-order valence-electron chi connectivity index (χ3n) is 7.53. The number of hydrogen-bond donors (Lipinski definition) is 1. The second kappa shape index (κ2) is 9.40. The highest BCUT2D eigenvalue weighted by atomic mass is 28.4. The van der Waals surface area contributed by atoms with Crippen molar-refractivity contribution in [2.24, 2.45) is 5.92 Å². The van der Waals surface area contributed by atoms with Crippen LogP contribution in [0.3, 0.4) is 0 Å². The minimum Gasteiger partial charge on any atom is -0.417 e. The Labute approximate surface area is 180 Å². The number of hydrogen-bond acceptors (Lipinski definition) is 4. The van der Waals surface area contributed by atoms with Gasteiger partial charge in [0.15, 0.2) is 14.1 Å². The smallest absolute Gasteiger partial charge is 0.191 e. The summed E-state index contributed by atoms with van der Waals surface area (Å²) in [5, 5.41) is 11.3. The van der Waals surface area contributed by atoms with Gasteiger partial charge in [0.1, 0.15) is 11.7 Å². The Bertz CT molecular complexity index is 578. The molecule has 2 heterocycles. The first-order valence-corrected chi connectivity index (χ1v) is 14.5. The number of aliphatic hydroxyl groups is 1. The summed E-state index contributed by atoms with van der Waals surface area (Å²) in [5.41, 5.74) is -0.927. The van der Waals surface area contributed by atoms with Gasteiger partial charge in [0.25, 0.3) is 0 Å². The Morgan fingerprint density at radius 2 is 1.90 bits per heavy atom. The van der Waals surface area contributed by atoms with E-state index in [1.165, 1.54) is 0 Å². The summed E-state index contributed by atoms with van der Waals surface area (Å²) in [7, 11) is -1.75. The van der Waals surface area contributed by atoms with Crippen LogP contribution in [-0.4, -0.2) is 43.6 Å². The molecule has 0 unspecified atom stereocenters. The van der Waals surface area contributed by atoms with Crippen molar-refractivity contribution in [3.63, 3.8) is 0 Å². The topological polar surface area (TPSA) is 47.9 Å². The SMILES string of the molecule is C#C[C@@H]1O[C@@]2(CC[C@H](C)[C@@H](CCO[Si](C)(C)C(C)(C)C)O2)CC[C@]1(O)CCCC. The van der Waals surface area contributed by atoms with Gasteiger partial charge < -0.3 is 19.0 Å². The summed E-state index contributed by atoms with van der Waals surface area (Å²) >= 11 is 0. The normalized spacial score (nSPS) is 36.2. The van der Waals surface area contributed by atoms with Gasteiger partial charge in [0, 0.05) is 19.4 Å². The molecular weight excluding hydrogens is 380 g/mol. The zero-order chi connectivity index (χ0) is 21.9. The molecule has 29 heavy (non-hydrogen) atoms. The fraction of sp³-hybridized carbons (Fsp3) is 0.917. The highest BCUT2D eigenvalue weighted by Crippen LogP contribution is 2.46. The molecule has 1 N–H and O–H groups in total. The van der Waals surface area contributed by atoms with Gasteiger partial charge in [-0.05, 0) is 49.7 Å². The first-order chi connectivity index (χ1) is 13.4. The molecule has 5 atom stereocenters. The molecule has 2 rings (SSSR count). The summed E-state index contributed by atoms with van der Waals surface area (Å²) in [6.07, 6.45) is 12.1. The highest BCUT2D eigenvalue weighted by molar-refractivity contribution is 6.74. The number of rotatable bonds is 7. The van der Waals surface area contributed by atoms with Crippen LogP contribution in [-0.2, 0) is 13.9 Å². The number of unbranched alkanes of at least 4 members (excludes halogenated alkanes) is 1. The van der Waals surface area contributed by atoms with Crippen LogP contribution in [0.2, 0.25) is 18.1 Å². The Morgan fingerprint density at radius 3 is 2.48 bits per heavy atom. The van der Waals surface area contributed by atoms with Gasteiger partial charge in [-0.15, -0.1) is 6.42 Å². The molecule has 0 amide bonds. The van der Waals surface area contributed by atoms with E-state index in [4.69, 9.17) is 20.3 Å². The van der Waals surface area contributed by atoms with Crippen molar-refractivity contribution in [2.45, 2.75) is 128 Å². The molecule has 168 valence electrons. The Morgan fingerprint density at radius 1 is 1.21 bits per heavy atom. The first-order valence-electron chi connectivity index (χ1n) is 11.6. The highest BCUT2D eigenvalue weighted by Gasteiger charge is 2.52. The lowest BCUT2D eigenvalue weighted by molar-refractivity contribution is -0.343. The second-order valence-electron chi connectivity index (χ2n) is 10.9. The largest absolute Gasteiger partial charge is 0.417 e. The molecule has 4 nitrogen and oxygen atoms in total. The summed E-state index contributed by atoms with van der Waals surface area (Å²) < 4.78 is 19.3. The quantitative estimate of drug-likeness (QED) is 0.424. The maximum absolute atomic E-state index is 11.1. The van der Waals surface area contributed by atoms with E-state index in [2.05, 4.69) is 53.6 Å². The Hall–Kier alpha value is -0.383. The average molecular weight is 425 g/mol. The van der Waals surface area contributed by atoms with E-state index in [-0.39, 0.29) is 11.1 Å². The van der Waals surface area contributed by atoms with Crippen molar-refractivity contribution in [2.75, 3.05) is 6.61 Å². The molecule has 0 aromatic heterocycles. The van der Waals surface area contributed by atoms with Crippen LogP contribution in [0.15, 0.2) is 0 Å². The minimum atomic E-state index is -1.75. The fourth-order valence-corrected chi connectivity index (χ4v) is 5.26. The van der Waals surface area contributed by atoms with E-state index >= 15 is 0 Å². The van der Waals surface area contributed by atoms with Gasteiger partial charge in [-0.1, -0.05) is 53.4 Å². The molecule has 0 bridgehead atoms. The minimum absolute atomic E-state index is 0.105. The summed E-state index contributed by atoms with van der Waals surface area (Å²) in [4.78, 5) is 0. The lowest BCUT2D eigenvalue weighted by Crippen LogP contribution is -2.58. The van der Waals surface area contributed by atoms with E-state index < -0.39 is 25.8 Å². The lowest BCUT2D eigenvalue weighted by atomic mass is 9.79. The van der Waals surface area contributed by atoms with Crippen molar-refractivity contribution >= 4 is 8.32 Å². The van der Waals surface area contributed by atoms with E-state index in [0.29, 0.717) is 25.2 Å². The predicted octanol–water partition coefficient (Wildman–Crippen LogP) is 5.64. The molecule has 0 aromatic carbocycles. The van der Waals surface area contributed by atoms with Crippen molar-refractivity contribution < 1.29 is 19.0 Å². The second-order valence-corrected chi connectivity index (χ2v) is 15.7. The van der Waals surface area contributed by atoms with Crippen LogP contribution in [0.1, 0.15) is 86.0 Å². The van der Waals surface area contributed by atoms with Crippen molar-refractivity contribution in [1.82, 2.24) is 0 Å². The van der Waals surface area contributed by atoms with Crippen molar-refractivity contribution in [1.29, 1.82) is 0 Å². The molecule has 0 radical (unpaired) electrons. The summed E-state index contributed by atoms with van der Waals surface area (Å²) in [6, 6.07) is 0. The summed E-state index contributed by atoms with van der Waals surface area (Å²) in [6.45, 7) is 16.5. The molecular formula is C24H44O4Si. The van der Waals surface area contributed by atoms with Crippen LogP contribution in [0.5, 0.6) is 0 Å². The van der Waals surface area contributed by atoms with E-state index in [9.17, 15) is 5.11 Å². The summed E-state index contributed by atoms with van der Waals surface area (Å²) in [5.74, 6) is 2.53. The Balaban J connectivity index is 1.99. The average Bonchev–Trinajstić information content (AvgIpc) is 2.64. The molecule has 5 heteroatoms. The third kappa shape index (κ3) is 5.86. The van der Waals surface area contributed by atoms with Gasteiger partial charge in [-0.25, -0.2) is 0 Å². The van der Waals surface area contributed by atoms with E-state index in [0.717, 1.165) is 38.7 Å². The molecule has 0 aliphatic carbocycles. The fourth-order valence-electron chi connectivity index (χ4n) is 4.19. The van der Waals surface area contributed by atoms with Gasteiger partial charge in [-0.2, -0.15) is 0 Å². The number of terminal acetylenes is 1. The lowest BCUT2D eigenvalue weighted by Gasteiger charge is -2.51. The van der Waals surface area contributed by atoms with Crippen molar-refractivity contribution in [3.8, 4) is 12.3 Å². The molecule has 2 aliphatic rings. The van der Waals surface area contributed by atoms with Gasteiger partial charge in [0.05, 0.1) is 6.10 Å². The first kappa shape index (κ1) is 24.9. The predicted molar refractivity (Wildman–Crippen MR) is 121 cm³/mol. The number of ether oxygens (including phenoxy) is 2. The third-order valence-corrected chi connectivity index (χ3v) is 12.1. The van der Waals surface area contributed by atoms with Crippen LogP contribution in [0, 0.1) is 18.3 Å². The standard InChI is InChI=1S/C24H44O4Si/c1-9-11-14-23(25)16-17-24(28-21(23)10-2)15-12-19(3)20(27-24)13-18-26-29(7,8)22(4,5)6/h2,19-21,25H,9,11-18H2,1,3-8H3/t19-,20+,21-,23+,24-/m0/s1. The molecule has 0 saturated carbocycles. The Kier molecular flexibility index (Phi) is 8.07. The van der Waals surface area contributed by atoms with Crippen LogP contribution in [0.25, 0.3) is 0 Å². The van der Waals surface area contributed by atoms with E-state index in [1.807, 2.05) is 0 Å². The maximum Gasteiger partial charge on any atom is 0.191 e. The zero-order valence-corrected chi connectivity index (χ0v) is 20.8. The maximum atomic E-state index is 11.1. The van der Waals surface area contributed by atoms with Crippen LogP contribution in [0.4, 0.5) is 0 Å². The molecule has 2 aliphatic heterocycles. The van der Waals surface area contributed by atoms with Crippen LogP contribution >= 0.6 is 0 Å².